The number of ether oxygens (including phenoxy) is 2. The molecule has 0 aliphatic carbocycles. The van der Waals surface area contributed by atoms with Gasteiger partial charge in [-0.15, -0.1) is 0 Å². The van der Waals surface area contributed by atoms with E-state index in [9.17, 15) is 4.79 Å². The van der Waals surface area contributed by atoms with E-state index in [1.54, 1.807) is 31.4 Å². The first kappa shape index (κ1) is 10.7. The molecular formula is C11H14O3. The molecule has 0 saturated heterocycles. The van der Waals surface area contributed by atoms with Crippen LogP contribution in [0.3, 0.4) is 0 Å². The van der Waals surface area contributed by atoms with E-state index in [-0.39, 0.29) is 18.7 Å². The normalized spacial score (nSPS) is 12.1. The summed E-state index contributed by atoms with van der Waals surface area (Å²) in [6.07, 6.45) is -0.0670. The number of rotatable bonds is 4. The van der Waals surface area contributed by atoms with Crippen LogP contribution >= 0.6 is 0 Å². The fraction of sp³-hybridized carbons (Fsp3) is 0.364. The van der Waals surface area contributed by atoms with Gasteiger partial charge in [0, 0.05) is 7.11 Å². The molecule has 0 saturated carbocycles. The fourth-order valence-corrected chi connectivity index (χ4v) is 0.919. The minimum absolute atomic E-state index is 0.0670. The highest BCUT2D eigenvalue weighted by Gasteiger charge is 2.07. The summed E-state index contributed by atoms with van der Waals surface area (Å²) < 4.78 is 9.98. The zero-order valence-corrected chi connectivity index (χ0v) is 8.40. The van der Waals surface area contributed by atoms with E-state index in [4.69, 9.17) is 9.47 Å². The maximum atomic E-state index is 11.4. The number of hydrogen-bond acceptors (Lipinski definition) is 3. The molecule has 1 rings (SSSR count). The molecule has 1 aromatic rings. The molecule has 0 N–H and O–H groups in total. The predicted molar refractivity (Wildman–Crippen MR) is 53.2 cm³/mol. The van der Waals surface area contributed by atoms with E-state index in [2.05, 4.69) is 0 Å². The van der Waals surface area contributed by atoms with Gasteiger partial charge in [-0.05, 0) is 19.1 Å². The Morgan fingerprint density at radius 3 is 2.57 bits per heavy atom. The molecule has 0 amide bonds. The van der Waals surface area contributed by atoms with Crippen molar-refractivity contribution >= 4 is 5.97 Å². The second-order valence-electron chi connectivity index (χ2n) is 3.01. The lowest BCUT2D eigenvalue weighted by Crippen LogP contribution is -2.17. The summed E-state index contributed by atoms with van der Waals surface area (Å²) >= 11 is 0. The summed E-state index contributed by atoms with van der Waals surface area (Å²) in [6, 6.07) is 8.90. The molecule has 76 valence electrons. The maximum absolute atomic E-state index is 11.4. The Morgan fingerprint density at radius 1 is 1.36 bits per heavy atom. The minimum Gasteiger partial charge on any atom is -0.459 e. The molecular weight excluding hydrogens is 180 g/mol. The zero-order chi connectivity index (χ0) is 10.4. The van der Waals surface area contributed by atoms with Gasteiger partial charge in [-0.2, -0.15) is 0 Å². The van der Waals surface area contributed by atoms with Crippen molar-refractivity contribution in [2.45, 2.75) is 13.0 Å². The van der Waals surface area contributed by atoms with E-state index in [0.717, 1.165) is 0 Å². The molecule has 0 bridgehead atoms. The van der Waals surface area contributed by atoms with Crippen LogP contribution < -0.4 is 0 Å². The second kappa shape index (κ2) is 5.40. The van der Waals surface area contributed by atoms with Crippen molar-refractivity contribution in [2.24, 2.45) is 0 Å². The third-order valence-corrected chi connectivity index (χ3v) is 1.86. The number of methoxy groups -OCH3 is 1. The molecule has 14 heavy (non-hydrogen) atoms. The van der Waals surface area contributed by atoms with E-state index >= 15 is 0 Å². The Hall–Kier alpha value is -1.35. The maximum Gasteiger partial charge on any atom is 0.338 e. The van der Waals surface area contributed by atoms with Gasteiger partial charge in [0.2, 0.25) is 0 Å². The molecule has 0 aliphatic heterocycles. The van der Waals surface area contributed by atoms with Crippen molar-refractivity contribution in [3.05, 3.63) is 35.9 Å². The largest absolute Gasteiger partial charge is 0.459 e. The number of hydrogen-bond donors (Lipinski definition) is 0. The van der Waals surface area contributed by atoms with Gasteiger partial charge in [0.1, 0.15) is 6.61 Å². The van der Waals surface area contributed by atoms with Crippen molar-refractivity contribution in [1.29, 1.82) is 0 Å². The van der Waals surface area contributed by atoms with Gasteiger partial charge in [-0.3, -0.25) is 0 Å². The van der Waals surface area contributed by atoms with Crippen LogP contribution in [-0.2, 0) is 9.47 Å². The highest BCUT2D eigenvalue weighted by molar-refractivity contribution is 5.89. The van der Waals surface area contributed by atoms with Gasteiger partial charge in [0.25, 0.3) is 0 Å². The number of carbonyl (C=O) groups excluding carboxylic acids is 1. The third-order valence-electron chi connectivity index (χ3n) is 1.86. The second-order valence-corrected chi connectivity index (χ2v) is 3.01. The number of esters is 1. The first-order valence-corrected chi connectivity index (χ1v) is 4.49. The fourth-order valence-electron chi connectivity index (χ4n) is 0.919. The Balaban J connectivity index is 2.44. The van der Waals surface area contributed by atoms with Gasteiger partial charge in [0.15, 0.2) is 0 Å². The van der Waals surface area contributed by atoms with Crippen molar-refractivity contribution < 1.29 is 14.3 Å². The van der Waals surface area contributed by atoms with Crippen molar-refractivity contribution in [1.82, 2.24) is 0 Å². The first-order chi connectivity index (χ1) is 6.74. The Labute approximate surface area is 83.6 Å². The molecule has 3 nitrogen and oxygen atoms in total. The van der Waals surface area contributed by atoms with Crippen LogP contribution in [0.1, 0.15) is 17.3 Å². The van der Waals surface area contributed by atoms with Gasteiger partial charge in [-0.25, -0.2) is 4.79 Å². The number of benzene rings is 1. The van der Waals surface area contributed by atoms with Crippen LogP contribution in [0.2, 0.25) is 0 Å². The van der Waals surface area contributed by atoms with Crippen LogP contribution in [0.5, 0.6) is 0 Å². The summed E-state index contributed by atoms with van der Waals surface area (Å²) in [5.74, 6) is -0.311. The van der Waals surface area contributed by atoms with Gasteiger partial charge >= 0.3 is 5.97 Å². The highest BCUT2D eigenvalue weighted by Crippen LogP contribution is 2.01. The average molecular weight is 194 g/mol. The molecule has 0 aromatic heterocycles. The Bertz CT molecular complexity index is 282. The summed E-state index contributed by atoms with van der Waals surface area (Å²) in [4.78, 5) is 11.4. The molecule has 0 heterocycles. The lowest BCUT2D eigenvalue weighted by atomic mass is 10.2. The van der Waals surface area contributed by atoms with Crippen LogP contribution in [0.4, 0.5) is 0 Å². The summed E-state index contributed by atoms with van der Waals surface area (Å²) in [5.41, 5.74) is 0.566. The van der Waals surface area contributed by atoms with Gasteiger partial charge in [0.05, 0.1) is 11.7 Å². The van der Waals surface area contributed by atoms with Crippen molar-refractivity contribution in [2.75, 3.05) is 13.7 Å². The van der Waals surface area contributed by atoms with Crippen molar-refractivity contribution in [3.8, 4) is 0 Å². The van der Waals surface area contributed by atoms with Gasteiger partial charge in [-0.1, -0.05) is 18.2 Å². The van der Waals surface area contributed by atoms with Crippen LogP contribution in [0.25, 0.3) is 0 Å². The smallest absolute Gasteiger partial charge is 0.338 e. The van der Waals surface area contributed by atoms with E-state index in [1.807, 2.05) is 13.0 Å². The Morgan fingerprint density at radius 2 is 2.00 bits per heavy atom. The lowest BCUT2D eigenvalue weighted by molar-refractivity contribution is 0.0169. The standard InChI is InChI=1S/C11H14O3/c1-9(13-2)8-14-11(12)10-6-4-3-5-7-10/h3-7,9H,8H2,1-2H3. The monoisotopic (exact) mass is 194 g/mol. The van der Waals surface area contributed by atoms with E-state index < -0.39 is 0 Å². The summed E-state index contributed by atoms with van der Waals surface area (Å²) in [6.45, 7) is 2.13. The zero-order valence-electron chi connectivity index (χ0n) is 8.40. The van der Waals surface area contributed by atoms with Crippen LogP contribution in [0.15, 0.2) is 30.3 Å². The average Bonchev–Trinajstić information content (AvgIpc) is 2.26. The number of carbonyl (C=O) groups is 1. The third kappa shape index (κ3) is 3.18. The molecule has 0 aliphatic rings. The summed E-state index contributed by atoms with van der Waals surface area (Å²) in [7, 11) is 1.58. The minimum atomic E-state index is -0.311. The molecule has 1 unspecified atom stereocenters. The van der Waals surface area contributed by atoms with Crippen LogP contribution in [0, 0.1) is 0 Å². The molecule has 0 spiro atoms. The summed E-state index contributed by atoms with van der Waals surface area (Å²) in [5, 5.41) is 0. The van der Waals surface area contributed by atoms with E-state index in [1.165, 1.54) is 0 Å². The van der Waals surface area contributed by atoms with Crippen LogP contribution in [-0.4, -0.2) is 25.8 Å². The van der Waals surface area contributed by atoms with Crippen molar-refractivity contribution in [3.63, 3.8) is 0 Å². The topological polar surface area (TPSA) is 35.5 Å². The highest BCUT2D eigenvalue weighted by atomic mass is 16.6. The molecule has 0 radical (unpaired) electrons. The quantitative estimate of drug-likeness (QED) is 0.686. The van der Waals surface area contributed by atoms with Gasteiger partial charge < -0.3 is 9.47 Å². The van der Waals surface area contributed by atoms with E-state index in [0.29, 0.717) is 5.56 Å². The molecule has 3 heteroatoms. The predicted octanol–water partition coefficient (Wildman–Crippen LogP) is 1.88. The molecule has 1 atom stereocenters. The molecule has 0 fully saturated rings. The molecule has 1 aromatic carbocycles. The SMILES string of the molecule is COC(C)COC(=O)c1ccccc1. The lowest BCUT2D eigenvalue weighted by Gasteiger charge is -2.09. The Kier molecular flexibility index (Phi) is 4.13. The first-order valence-electron chi connectivity index (χ1n) is 4.49.